The van der Waals surface area contributed by atoms with Gasteiger partial charge in [-0.3, -0.25) is 9.59 Å². The predicted octanol–water partition coefficient (Wildman–Crippen LogP) is 3.15. The summed E-state index contributed by atoms with van der Waals surface area (Å²) in [7, 11) is 0. The van der Waals surface area contributed by atoms with Crippen molar-refractivity contribution in [2.45, 2.75) is 26.4 Å². The Hall–Kier alpha value is -2.05. The molecule has 1 aromatic carbocycles. The maximum atomic E-state index is 12.9. The van der Waals surface area contributed by atoms with Crippen LogP contribution in [0.2, 0.25) is 0 Å². The molecule has 1 aliphatic rings. The highest BCUT2D eigenvalue weighted by Gasteiger charge is 2.41. The third kappa shape index (κ3) is 4.24. The van der Waals surface area contributed by atoms with Crippen molar-refractivity contribution in [2.75, 3.05) is 18.4 Å². The van der Waals surface area contributed by atoms with E-state index in [-0.39, 0.29) is 24.1 Å². The van der Waals surface area contributed by atoms with E-state index >= 15 is 0 Å². The second kappa shape index (κ2) is 6.60. The molecule has 7 heteroatoms. The number of rotatable bonds is 5. The summed E-state index contributed by atoms with van der Waals surface area (Å²) in [6.07, 6.45) is -3.75. The number of hydrogen-bond acceptors (Lipinski definition) is 2. The number of amides is 2. The molecule has 1 fully saturated rings. The topological polar surface area (TPSA) is 49.4 Å². The number of nitrogens with one attached hydrogen (secondary N) is 1. The maximum absolute atomic E-state index is 12.9. The van der Waals surface area contributed by atoms with Crippen LogP contribution in [0.3, 0.4) is 0 Å². The zero-order chi connectivity index (χ0) is 17.2. The fourth-order valence-electron chi connectivity index (χ4n) is 2.45. The minimum atomic E-state index is -4.55. The average molecular weight is 328 g/mol. The number of likely N-dealkylation sites (N-methyl/N-ethyl adjacent to an activating group) is 1. The van der Waals surface area contributed by atoms with Crippen molar-refractivity contribution >= 4 is 17.5 Å². The number of benzene rings is 1. The molecule has 0 heterocycles. The van der Waals surface area contributed by atoms with Crippen molar-refractivity contribution in [1.82, 2.24) is 4.90 Å². The molecule has 0 spiro atoms. The van der Waals surface area contributed by atoms with Crippen LogP contribution in [0.15, 0.2) is 24.3 Å². The van der Waals surface area contributed by atoms with Crippen LogP contribution in [0.1, 0.15) is 25.8 Å². The lowest BCUT2D eigenvalue weighted by molar-refractivity contribution is -0.137. The van der Waals surface area contributed by atoms with E-state index in [0.717, 1.165) is 12.5 Å². The van der Waals surface area contributed by atoms with Crippen LogP contribution in [0.4, 0.5) is 18.9 Å². The molecule has 2 unspecified atom stereocenters. The lowest BCUT2D eigenvalue weighted by Gasteiger charge is -2.21. The number of nitrogens with zero attached hydrogens (tertiary/aromatic N) is 1. The Bertz CT molecular complexity index is 601. The van der Waals surface area contributed by atoms with Gasteiger partial charge < -0.3 is 10.2 Å². The summed E-state index contributed by atoms with van der Waals surface area (Å²) >= 11 is 0. The van der Waals surface area contributed by atoms with Crippen molar-refractivity contribution in [1.29, 1.82) is 0 Å². The first-order valence-electron chi connectivity index (χ1n) is 7.49. The van der Waals surface area contributed by atoms with E-state index < -0.39 is 17.6 Å². The number of carbonyl (C=O) groups is 2. The van der Waals surface area contributed by atoms with E-state index in [1.807, 2.05) is 6.92 Å². The molecule has 1 saturated carbocycles. The summed E-state index contributed by atoms with van der Waals surface area (Å²) in [5.41, 5.74) is -1.20. The van der Waals surface area contributed by atoms with Gasteiger partial charge in [-0.05, 0) is 31.4 Å². The Morgan fingerprint density at radius 3 is 2.43 bits per heavy atom. The summed E-state index contributed by atoms with van der Waals surface area (Å²) < 4.78 is 38.7. The normalized spacial score (nSPS) is 20.0. The third-order valence-corrected chi connectivity index (χ3v) is 3.96. The van der Waals surface area contributed by atoms with Gasteiger partial charge in [-0.1, -0.05) is 19.1 Å². The summed E-state index contributed by atoms with van der Waals surface area (Å²) in [5.74, 6) is -0.500. The number of anilines is 1. The summed E-state index contributed by atoms with van der Waals surface area (Å²) in [5, 5.41) is 2.25. The zero-order valence-electron chi connectivity index (χ0n) is 13.0. The minimum Gasteiger partial charge on any atom is -0.333 e. The van der Waals surface area contributed by atoms with Crippen molar-refractivity contribution in [3.05, 3.63) is 29.8 Å². The van der Waals surface area contributed by atoms with Gasteiger partial charge in [-0.25, -0.2) is 0 Å². The minimum absolute atomic E-state index is 0.0646. The Kier molecular flexibility index (Phi) is 4.97. The smallest absolute Gasteiger partial charge is 0.333 e. The van der Waals surface area contributed by atoms with Crippen molar-refractivity contribution in [2.24, 2.45) is 11.8 Å². The highest BCUT2D eigenvalue weighted by Crippen LogP contribution is 2.39. The number of para-hydroxylation sites is 1. The molecule has 1 aromatic rings. The number of halogens is 3. The molecule has 0 aromatic heterocycles. The van der Waals surface area contributed by atoms with E-state index in [9.17, 15) is 22.8 Å². The molecule has 0 saturated heterocycles. The van der Waals surface area contributed by atoms with Gasteiger partial charge in [-0.2, -0.15) is 13.2 Å². The van der Waals surface area contributed by atoms with E-state index in [2.05, 4.69) is 5.32 Å². The van der Waals surface area contributed by atoms with E-state index in [1.165, 1.54) is 23.1 Å². The standard InChI is InChI=1S/C16H19F3N2O2/c1-3-21(15(23)11-8-10(11)2)9-14(22)20-13-7-5-4-6-12(13)16(17,18)19/h4-7,10-11H,3,8-9H2,1-2H3,(H,20,22). The number of carbonyl (C=O) groups excluding carboxylic acids is 2. The van der Waals surface area contributed by atoms with Crippen molar-refractivity contribution < 1.29 is 22.8 Å². The van der Waals surface area contributed by atoms with Gasteiger partial charge in [0, 0.05) is 12.5 Å². The van der Waals surface area contributed by atoms with E-state index in [1.54, 1.807) is 6.92 Å². The van der Waals surface area contributed by atoms with Crippen LogP contribution in [-0.2, 0) is 15.8 Å². The molecule has 1 N–H and O–H groups in total. The fraction of sp³-hybridized carbons (Fsp3) is 0.500. The van der Waals surface area contributed by atoms with E-state index in [0.29, 0.717) is 12.5 Å². The van der Waals surface area contributed by atoms with Gasteiger partial charge in [0.1, 0.15) is 0 Å². The largest absolute Gasteiger partial charge is 0.418 e. The summed E-state index contributed by atoms with van der Waals surface area (Å²) in [4.78, 5) is 25.5. The fourth-order valence-corrected chi connectivity index (χ4v) is 2.45. The van der Waals surface area contributed by atoms with Gasteiger partial charge in [0.05, 0.1) is 17.8 Å². The van der Waals surface area contributed by atoms with Crippen LogP contribution < -0.4 is 5.32 Å². The molecule has 2 rings (SSSR count). The second-order valence-corrected chi connectivity index (χ2v) is 5.76. The van der Waals surface area contributed by atoms with Gasteiger partial charge in [0.15, 0.2) is 0 Å². The van der Waals surface area contributed by atoms with Crippen LogP contribution in [0.25, 0.3) is 0 Å². The Labute approximate surface area is 132 Å². The zero-order valence-corrected chi connectivity index (χ0v) is 13.0. The average Bonchev–Trinajstić information content (AvgIpc) is 3.20. The summed E-state index contributed by atoms with van der Waals surface area (Å²) in [6.45, 7) is 3.79. The molecule has 2 atom stereocenters. The predicted molar refractivity (Wildman–Crippen MR) is 79.6 cm³/mol. The van der Waals surface area contributed by atoms with Crippen LogP contribution >= 0.6 is 0 Å². The lowest BCUT2D eigenvalue weighted by atomic mass is 10.1. The van der Waals surface area contributed by atoms with Crippen molar-refractivity contribution in [3.63, 3.8) is 0 Å². The first kappa shape index (κ1) is 17.3. The molecule has 0 radical (unpaired) electrons. The number of alkyl halides is 3. The van der Waals surface area contributed by atoms with Gasteiger partial charge >= 0.3 is 6.18 Å². The quantitative estimate of drug-likeness (QED) is 0.903. The van der Waals surface area contributed by atoms with Crippen molar-refractivity contribution in [3.8, 4) is 0 Å². The molecule has 0 aliphatic heterocycles. The Balaban J connectivity index is 2.03. The molecule has 4 nitrogen and oxygen atoms in total. The lowest BCUT2D eigenvalue weighted by Crippen LogP contribution is -2.39. The Morgan fingerprint density at radius 1 is 1.30 bits per heavy atom. The summed E-state index contributed by atoms with van der Waals surface area (Å²) in [6, 6.07) is 4.78. The maximum Gasteiger partial charge on any atom is 0.418 e. The third-order valence-electron chi connectivity index (χ3n) is 3.96. The van der Waals surface area contributed by atoms with Gasteiger partial charge in [0.2, 0.25) is 11.8 Å². The first-order valence-corrected chi connectivity index (χ1v) is 7.49. The monoisotopic (exact) mass is 328 g/mol. The Morgan fingerprint density at radius 2 is 1.91 bits per heavy atom. The highest BCUT2D eigenvalue weighted by atomic mass is 19.4. The van der Waals surface area contributed by atoms with Crippen LogP contribution in [0.5, 0.6) is 0 Å². The van der Waals surface area contributed by atoms with Gasteiger partial charge in [-0.15, -0.1) is 0 Å². The molecule has 0 bridgehead atoms. The molecule has 23 heavy (non-hydrogen) atoms. The van der Waals surface area contributed by atoms with Crippen LogP contribution in [0, 0.1) is 11.8 Å². The first-order chi connectivity index (χ1) is 10.7. The van der Waals surface area contributed by atoms with E-state index in [4.69, 9.17) is 0 Å². The molecular formula is C16H19F3N2O2. The molecule has 2 amide bonds. The van der Waals surface area contributed by atoms with Crippen LogP contribution in [-0.4, -0.2) is 29.8 Å². The molecule has 1 aliphatic carbocycles. The second-order valence-electron chi connectivity index (χ2n) is 5.76. The SMILES string of the molecule is CCN(CC(=O)Nc1ccccc1C(F)(F)F)C(=O)C1CC1C. The molecular weight excluding hydrogens is 309 g/mol. The number of hydrogen-bond donors (Lipinski definition) is 1. The molecule has 126 valence electrons. The highest BCUT2D eigenvalue weighted by molar-refractivity contribution is 5.95. The van der Waals surface area contributed by atoms with Gasteiger partial charge in [0.25, 0.3) is 0 Å².